The number of carbonyl (C=O) groups is 1. The summed E-state index contributed by atoms with van der Waals surface area (Å²) in [7, 11) is 0. The van der Waals surface area contributed by atoms with Gasteiger partial charge in [-0.25, -0.2) is 0 Å². The van der Waals surface area contributed by atoms with E-state index in [1.165, 1.54) is 5.56 Å². The second-order valence-corrected chi connectivity index (χ2v) is 7.03. The Hall–Kier alpha value is -1.35. The van der Waals surface area contributed by atoms with E-state index in [9.17, 15) is 4.79 Å². The van der Waals surface area contributed by atoms with E-state index in [4.69, 9.17) is 5.73 Å². The average Bonchev–Trinajstić information content (AvgIpc) is 2.48. The van der Waals surface area contributed by atoms with Crippen molar-refractivity contribution < 1.29 is 4.79 Å². The first-order valence-corrected chi connectivity index (χ1v) is 7.99. The number of carbonyl (C=O) groups excluding carboxylic acids is 1. The van der Waals surface area contributed by atoms with Crippen LogP contribution in [0.1, 0.15) is 45.6 Å². The summed E-state index contributed by atoms with van der Waals surface area (Å²) in [5.41, 5.74) is 7.11. The van der Waals surface area contributed by atoms with Crippen LogP contribution in [-0.4, -0.2) is 29.9 Å². The number of nitrogens with zero attached hydrogens (tertiary/aromatic N) is 1. The quantitative estimate of drug-likeness (QED) is 0.926. The number of hydrogen-bond donors (Lipinski definition) is 1. The summed E-state index contributed by atoms with van der Waals surface area (Å²) >= 11 is 0. The van der Waals surface area contributed by atoms with Crippen molar-refractivity contribution in [3.05, 3.63) is 35.9 Å². The first kappa shape index (κ1) is 16.0. The van der Waals surface area contributed by atoms with Crippen molar-refractivity contribution in [2.45, 2.75) is 51.5 Å². The number of benzene rings is 1. The predicted molar refractivity (Wildman–Crippen MR) is 87.0 cm³/mol. The van der Waals surface area contributed by atoms with Crippen LogP contribution in [0.25, 0.3) is 0 Å². The van der Waals surface area contributed by atoms with Gasteiger partial charge in [-0.05, 0) is 36.7 Å². The molecule has 1 aromatic rings. The minimum atomic E-state index is -0.125. The third-order valence-electron chi connectivity index (χ3n) is 4.70. The summed E-state index contributed by atoms with van der Waals surface area (Å²) in [5, 5.41) is 0. The van der Waals surface area contributed by atoms with Crippen LogP contribution in [-0.2, 0) is 10.2 Å². The first-order valence-electron chi connectivity index (χ1n) is 7.99. The molecule has 2 rings (SSSR count). The normalized spacial score (nSPS) is 21.1. The molecule has 1 fully saturated rings. The molecule has 0 aliphatic carbocycles. The van der Waals surface area contributed by atoms with Gasteiger partial charge >= 0.3 is 0 Å². The molecule has 1 aromatic carbocycles. The number of nitrogens with two attached hydrogens (primary N) is 1. The Labute approximate surface area is 128 Å². The molecule has 0 spiro atoms. The summed E-state index contributed by atoms with van der Waals surface area (Å²) in [4.78, 5) is 14.7. The zero-order chi connectivity index (χ0) is 15.5. The molecule has 1 aliphatic heterocycles. The molecule has 1 saturated heterocycles. The minimum Gasteiger partial charge on any atom is -0.342 e. The highest BCUT2D eigenvalue weighted by atomic mass is 16.2. The van der Waals surface area contributed by atoms with Crippen molar-refractivity contribution >= 4 is 5.91 Å². The Morgan fingerprint density at radius 1 is 1.38 bits per heavy atom. The highest BCUT2D eigenvalue weighted by Gasteiger charge is 2.30. The average molecular weight is 288 g/mol. The molecule has 2 N–H and O–H groups in total. The second kappa shape index (κ2) is 6.61. The fourth-order valence-corrected chi connectivity index (χ4v) is 3.15. The van der Waals surface area contributed by atoms with Gasteiger partial charge in [0.25, 0.3) is 0 Å². The molecule has 3 heteroatoms. The van der Waals surface area contributed by atoms with Crippen molar-refractivity contribution in [2.75, 3.05) is 13.1 Å². The molecule has 21 heavy (non-hydrogen) atoms. The highest BCUT2D eigenvalue weighted by molar-refractivity contribution is 5.77. The van der Waals surface area contributed by atoms with E-state index >= 15 is 0 Å². The van der Waals surface area contributed by atoms with Gasteiger partial charge in [0, 0.05) is 25.6 Å². The Morgan fingerprint density at radius 3 is 2.67 bits per heavy atom. The Morgan fingerprint density at radius 2 is 2.05 bits per heavy atom. The maximum atomic E-state index is 12.6. The summed E-state index contributed by atoms with van der Waals surface area (Å²) in [6.45, 7) is 8.04. The van der Waals surface area contributed by atoms with Crippen molar-refractivity contribution in [1.29, 1.82) is 0 Å². The smallest absolute Gasteiger partial charge is 0.223 e. The topological polar surface area (TPSA) is 46.3 Å². The molecule has 0 bridgehead atoms. The molecule has 1 aliphatic rings. The van der Waals surface area contributed by atoms with Gasteiger partial charge in [-0.15, -0.1) is 0 Å². The number of amides is 1. The number of piperidine rings is 1. The lowest BCUT2D eigenvalue weighted by atomic mass is 9.81. The van der Waals surface area contributed by atoms with Crippen molar-refractivity contribution in [1.82, 2.24) is 4.90 Å². The summed E-state index contributed by atoms with van der Waals surface area (Å²) in [6, 6.07) is 10.5. The van der Waals surface area contributed by atoms with Gasteiger partial charge < -0.3 is 10.6 Å². The van der Waals surface area contributed by atoms with E-state index < -0.39 is 0 Å². The fraction of sp³-hybridized carbons (Fsp3) is 0.611. The van der Waals surface area contributed by atoms with E-state index in [0.29, 0.717) is 12.3 Å². The summed E-state index contributed by atoms with van der Waals surface area (Å²) in [6.07, 6.45) is 2.77. The Kier molecular flexibility index (Phi) is 5.04. The summed E-state index contributed by atoms with van der Waals surface area (Å²) < 4.78 is 0. The van der Waals surface area contributed by atoms with E-state index in [1.807, 2.05) is 30.0 Å². The minimum absolute atomic E-state index is 0.125. The van der Waals surface area contributed by atoms with Crippen LogP contribution in [0, 0.1) is 5.92 Å². The van der Waals surface area contributed by atoms with Crippen LogP contribution < -0.4 is 5.73 Å². The third kappa shape index (κ3) is 4.07. The van der Waals surface area contributed by atoms with Gasteiger partial charge in [0.05, 0.1) is 0 Å². The maximum Gasteiger partial charge on any atom is 0.223 e. The molecule has 3 nitrogen and oxygen atoms in total. The first-order chi connectivity index (χ1) is 9.90. The Bertz CT molecular complexity index is 467. The van der Waals surface area contributed by atoms with Gasteiger partial charge in [0.1, 0.15) is 0 Å². The predicted octanol–water partition coefficient (Wildman–Crippen LogP) is 2.94. The van der Waals surface area contributed by atoms with Gasteiger partial charge in [0.15, 0.2) is 0 Å². The van der Waals surface area contributed by atoms with Crippen LogP contribution in [0.5, 0.6) is 0 Å². The van der Waals surface area contributed by atoms with Crippen LogP contribution in [0.4, 0.5) is 0 Å². The second-order valence-electron chi connectivity index (χ2n) is 7.03. The number of likely N-dealkylation sites (tertiary alicyclic amines) is 1. The molecule has 2 unspecified atom stereocenters. The van der Waals surface area contributed by atoms with E-state index in [0.717, 1.165) is 25.9 Å². The van der Waals surface area contributed by atoms with Crippen LogP contribution in [0.3, 0.4) is 0 Å². The zero-order valence-corrected chi connectivity index (χ0v) is 13.5. The van der Waals surface area contributed by atoms with Crippen LogP contribution in [0.2, 0.25) is 0 Å². The zero-order valence-electron chi connectivity index (χ0n) is 13.5. The lowest BCUT2D eigenvalue weighted by Crippen LogP contribution is -2.46. The standard InChI is InChI=1S/C18H28N2O/c1-14(19)15-8-7-11-20(13-15)17(21)12-18(2,3)16-9-5-4-6-10-16/h4-6,9-10,14-15H,7-8,11-13,19H2,1-3H3. The van der Waals surface area contributed by atoms with Crippen molar-refractivity contribution in [3.8, 4) is 0 Å². The molecule has 0 aromatic heterocycles. The molecular formula is C18H28N2O. The Balaban J connectivity index is 2.00. The van der Waals surface area contributed by atoms with Gasteiger partial charge in [-0.1, -0.05) is 44.2 Å². The number of rotatable bonds is 4. The van der Waals surface area contributed by atoms with Gasteiger partial charge in [-0.2, -0.15) is 0 Å². The van der Waals surface area contributed by atoms with Gasteiger partial charge in [0.2, 0.25) is 5.91 Å². The lowest BCUT2D eigenvalue weighted by molar-refractivity contribution is -0.134. The van der Waals surface area contributed by atoms with E-state index in [2.05, 4.69) is 26.0 Å². The largest absolute Gasteiger partial charge is 0.342 e. The van der Waals surface area contributed by atoms with Crippen LogP contribution in [0.15, 0.2) is 30.3 Å². The molecule has 0 saturated carbocycles. The summed E-state index contributed by atoms with van der Waals surface area (Å²) in [5.74, 6) is 0.705. The van der Waals surface area contributed by atoms with Crippen molar-refractivity contribution in [2.24, 2.45) is 11.7 Å². The van der Waals surface area contributed by atoms with Gasteiger partial charge in [-0.3, -0.25) is 4.79 Å². The molecule has 1 heterocycles. The third-order valence-corrected chi connectivity index (χ3v) is 4.70. The maximum absolute atomic E-state index is 12.6. The molecule has 116 valence electrons. The highest BCUT2D eigenvalue weighted by Crippen LogP contribution is 2.29. The fourth-order valence-electron chi connectivity index (χ4n) is 3.15. The van der Waals surface area contributed by atoms with E-state index in [1.54, 1.807) is 0 Å². The SMILES string of the molecule is CC(N)C1CCCN(C(=O)CC(C)(C)c2ccccc2)C1. The van der Waals surface area contributed by atoms with E-state index in [-0.39, 0.29) is 17.4 Å². The monoisotopic (exact) mass is 288 g/mol. The molecular weight excluding hydrogens is 260 g/mol. The molecule has 0 radical (unpaired) electrons. The number of hydrogen-bond acceptors (Lipinski definition) is 2. The molecule has 1 amide bonds. The van der Waals surface area contributed by atoms with Crippen molar-refractivity contribution in [3.63, 3.8) is 0 Å². The lowest BCUT2D eigenvalue weighted by Gasteiger charge is -2.36. The molecule has 2 atom stereocenters. The van der Waals surface area contributed by atoms with Crippen LogP contribution >= 0.6 is 0 Å².